The molecule has 2 rings (SSSR count). The predicted octanol–water partition coefficient (Wildman–Crippen LogP) is 2.28. The zero-order valence-electron chi connectivity index (χ0n) is 11.9. The third-order valence-corrected chi connectivity index (χ3v) is 3.81. The molecule has 0 aromatic heterocycles. The van der Waals surface area contributed by atoms with E-state index in [4.69, 9.17) is 16.3 Å². The Bertz CT molecular complexity index is 453. The number of urea groups is 1. The number of carbonyl (C=O) groups excluding carboxylic acids is 1. The highest BCUT2D eigenvalue weighted by atomic mass is 35.5. The highest BCUT2D eigenvalue weighted by molar-refractivity contribution is 6.30. The van der Waals surface area contributed by atoms with E-state index < -0.39 is 0 Å². The number of amides is 2. The van der Waals surface area contributed by atoms with Crippen molar-refractivity contribution >= 4 is 17.6 Å². The van der Waals surface area contributed by atoms with Gasteiger partial charge in [0.15, 0.2) is 0 Å². The standard InChI is InChI=1S/C15H21ClN2O3/c16-12-4-6-14(7-5-12)21-10-8-17-15(20)18-9-2-1-3-13(18)11-19/h4-7,13,19H,1-3,8-11H2,(H,17,20). The number of rotatable bonds is 5. The topological polar surface area (TPSA) is 61.8 Å². The third kappa shape index (κ3) is 4.79. The monoisotopic (exact) mass is 312 g/mol. The summed E-state index contributed by atoms with van der Waals surface area (Å²) < 4.78 is 5.51. The van der Waals surface area contributed by atoms with E-state index in [1.807, 2.05) is 0 Å². The molecule has 0 saturated carbocycles. The molecule has 2 N–H and O–H groups in total. The number of piperidine rings is 1. The van der Waals surface area contributed by atoms with Crippen LogP contribution in [0.25, 0.3) is 0 Å². The molecule has 6 heteroatoms. The second kappa shape index (κ2) is 8.10. The summed E-state index contributed by atoms with van der Waals surface area (Å²) in [5, 5.41) is 12.8. The summed E-state index contributed by atoms with van der Waals surface area (Å²) in [6.07, 6.45) is 2.92. The molecule has 1 atom stereocenters. The number of aliphatic hydroxyl groups excluding tert-OH is 1. The van der Waals surface area contributed by atoms with Gasteiger partial charge in [-0.3, -0.25) is 0 Å². The lowest BCUT2D eigenvalue weighted by molar-refractivity contribution is 0.107. The molecule has 1 aliphatic rings. The molecular formula is C15H21ClN2O3. The third-order valence-electron chi connectivity index (χ3n) is 3.56. The average Bonchev–Trinajstić information content (AvgIpc) is 2.53. The van der Waals surface area contributed by atoms with E-state index >= 15 is 0 Å². The molecule has 0 spiro atoms. The van der Waals surface area contributed by atoms with Gasteiger partial charge in [0.05, 0.1) is 19.2 Å². The van der Waals surface area contributed by atoms with E-state index in [0.29, 0.717) is 24.7 Å². The lowest BCUT2D eigenvalue weighted by atomic mass is 10.0. The second-order valence-corrected chi connectivity index (χ2v) is 5.50. The van der Waals surface area contributed by atoms with Crippen LogP contribution in [0, 0.1) is 0 Å². The van der Waals surface area contributed by atoms with Crippen molar-refractivity contribution in [2.75, 3.05) is 26.3 Å². The Labute approximate surface area is 129 Å². The van der Waals surface area contributed by atoms with Crippen LogP contribution in [0.5, 0.6) is 5.75 Å². The van der Waals surface area contributed by atoms with Gasteiger partial charge in [0, 0.05) is 11.6 Å². The maximum Gasteiger partial charge on any atom is 0.317 e. The molecule has 5 nitrogen and oxygen atoms in total. The number of likely N-dealkylation sites (tertiary alicyclic amines) is 1. The maximum atomic E-state index is 12.1. The minimum Gasteiger partial charge on any atom is -0.492 e. The quantitative estimate of drug-likeness (QED) is 0.820. The molecule has 2 amide bonds. The smallest absolute Gasteiger partial charge is 0.317 e. The van der Waals surface area contributed by atoms with Gasteiger partial charge in [-0.2, -0.15) is 0 Å². The molecule has 0 aliphatic carbocycles. The zero-order chi connectivity index (χ0) is 15.1. The van der Waals surface area contributed by atoms with E-state index in [1.165, 1.54) is 0 Å². The fourth-order valence-electron chi connectivity index (χ4n) is 2.42. The highest BCUT2D eigenvalue weighted by Crippen LogP contribution is 2.17. The summed E-state index contributed by atoms with van der Waals surface area (Å²) in [5.41, 5.74) is 0. The first-order chi connectivity index (χ1) is 10.2. The number of nitrogens with zero attached hydrogens (tertiary/aromatic N) is 1. The summed E-state index contributed by atoms with van der Waals surface area (Å²) in [6.45, 7) is 1.55. The van der Waals surface area contributed by atoms with Crippen molar-refractivity contribution < 1.29 is 14.6 Å². The van der Waals surface area contributed by atoms with E-state index in [1.54, 1.807) is 29.2 Å². The Kier molecular flexibility index (Phi) is 6.14. The van der Waals surface area contributed by atoms with Crippen molar-refractivity contribution in [3.05, 3.63) is 29.3 Å². The SMILES string of the molecule is O=C(NCCOc1ccc(Cl)cc1)N1CCCCC1CO. The van der Waals surface area contributed by atoms with Crippen molar-refractivity contribution in [2.45, 2.75) is 25.3 Å². The van der Waals surface area contributed by atoms with Crippen LogP contribution in [0.15, 0.2) is 24.3 Å². The molecule has 1 unspecified atom stereocenters. The molecule has 21 heavy (non-hydrogen) atoms. The normalized spacial score (nSPS) is 18.4. The number of hydrogen-bond donors (Lipinski definition) is 2. The number of ether oxygens (including phenoxy) is 1. The van der Waals surface area contributed by atoms with Gasteiger partial charge in [0.2, 0.25) is 0 Å². The molecular weight excluding hydrogens is 292 g/mol. The number of carbonyl (C=O) groups is 1. The van der Waals surface area contributed by atoms with Crippen LogP contribution >= 0.6 is 11.6 Å². The summed E-state index contributed by atoms with van der Waals surface area (Å²) in [7, 11) is 0. The molecule has 1 aromatic carbocycles. The van der Waals surface area contributed by atoms with Crippen molar-refractivity contribution in [3.8, 4) is 5.75 Å². The summed E-state index contributed by atoms with van der Waals surface area (Å²) in [6, 6.07) is 6.90. The fourth-order valence-corrected chi connectivity index (χ4v) is 2.54. The van der Waals surface area contributed by atoms with Gasteiger partial charge in [0.25, 0.3) is 0 Å². The van der Waals surface area contributed by atoms with E-state index in [-0.39, 0.29) is 18.7 Å². The van der Waals surface area contributed by atoms with Crippen molar-refractivity contribution in [1.29, 1.82) is 0 Å². The highest BCUT2D eigenvalue weighted by Gasteiger charge is 2.25. The molecule has 0 radical (unpaired) electrons. The maximum absolute atomic E-state index is 12.1. The number of nitrogens with one attached hydrogen (secondary N) is 1. The van der Waals surface area contributed by atoms with Gasteiger partial charge in [0.1, 0.15) is 12.4 Å². The number of benzene rings is 1. The Hall–Kier alpha value is -1.46. The Balaban J connectivity index is 1.70. The first-order valence-electron chi connectivity index (χ1n) is 7.24. The van der Waals surface area contributed by atoms with E-state index in [2.05, 4.69) is 5.32 Å². The van der Waals surface area contributed by atoms with Gasteiger partial charge in [-0.25, -0.2) is 4.79 Å². The van der Waals surface area contributed by atoms with Crippen LogP contribution in [-0.2, 0) is 0 Å². The van der Waals surface area contributed by atoms with Crippen LogP contribution in [-0.4, -0.2) is 48.4 Å². The Morgan fingerprint density at radius 3 is 2.86 bits per heavy atom. The first kappa shape index (κ1) is 15.9. The molecule has 0 bridgehead atoms. The van der Waals surface area contributed by atoms with Crippen molar-refractivity contribution in [2.24, 2.45) is 0 Å². The molecule has 1 fully saturated rings. The largest absolute Gasteiger partial charge is 0.492 e. The number of aliphatic hydroxyl groups is 1. The second-order valence-electron chi connectivity index (χ2n) is 5.06. The van der Waals surface area contributed by atoms with Crippen LogP contribution < -0.4 is 10.1 Å². The first-order valence-corrected chi connectivity index (χ1v) is 7.62. The predicted molar refractivity (Wildman–Crippen MR) is 81.8 cm³/mol. The van der Waals surface area contributed by atoms with Gasteiger partial charge in [-0.05, 0) is 43.5 Å². The lowest BCUT2D eigenvalue weighted by Crippen LogP contribution is -2.50. The lowest BCUT2D eigenvalue weighted by Gasteiger charge is -2.34. The summed E-state index contributed by atoms with van der Waals surface area (Å²) in [4.78, 5) is 13.8. The summed E-state index contributed by atoms with van der Waals surface area (Å²) >= 11 is 5.79. The number of halogens is 1. The molecule has 1 saturated heterocycles. The zero-order valence-corrected chi connectivity index (χ0v) is 12.7. The fraction of sp³-hybridized carbons (Fsp3) is 0.533. The minimum atomic E-state index is -0.131. The average molecular weight is 313 g/mol. The van der Waals surface area contributed by atoms with Gasteiger partial charge < -0.3 is 20.1 Å². The van der Waals surface area contributed by atoms with Gasteiger partial charge in [-0.1, -0.05) is 11.6 Å². The van der Waals surface area contributed by atoms with Gasteiger partial charge in [-0.15, -0.1) is 0 Å². The van der Waals surface area contributed by atoms with Crippen molar-refractivity contribution in [1.82, 2.24) is 10.2 Å². The van der Waals surface area contributed by atoms with Crippen LogP contribution in [0.2, 0.25) is 5.02 Å². The number of hydrogen-bond acceptors (Lipinski definition) is 3. The Morgan fingerprint density at radius 1 is 1.38 bits per heavy atom. The van der Waals surface area contributed by atoms with Crippen LogP contribution in [0.3, 0.4) is 0 Å². The van der Waals surface area contributed by atoms with Crippen LogP contribution in [0.1, 0.15) is 19.3 Å². The van der Waals surface area contributed by atoms with Gasteiger partial charge >= 0.3 is 6.03 Å². The Morgan fingerprint density at radius 2 is 2.14 bits per heavy atom. The molecule has 116 valence electrons. The van der Waals surface area contributed by atoms with Crippen LogP contribution in [0.4, 0.5) is 4.79 Å². The van der Waals surface area contributed by atoms with E-state index in [9.17, 15) is 9.90 Å². The molecule has 1 aliphatic heterocycles. The molecule has 1 heterocycles. The summed E-state index contributed by atoms with van der Waals surface area (Å²) in [5.74, 6) is 0.722. The minimum absolute atomic E-state index is 0.0225. The van der Waals surface area contributed by atoms with E-state index in [0.717, 1.165) is 25.0 Å². The molecule has 1 aromatic rings. The van der Waals surface area contributed by atoms with Crippen molar-refractivity contribution in [3.63, 3.8) is 0 Å².